The van der Waals surface area contributed by atoms with Crippen LogP contribution < -0.4 is 4.74 Å². The number of carbonyl (C=O) groups excluding carboxylic acids is 1. The summed E-state index contributed by atoms with van der Waals surface area (Å²) >= 11 is 0. The van der Waals surface area contributed by atoms with Crippen LogP contribution in [0.1, 0.15) is 47.4 Å². The van der Waals surface area contributed by atoms with Crippen LogP contribution in [-0.2, 0) is 6.54 Å². The van der Waals surface area contributed by atoms with E-state index in [1.54, 1.807) is 12.4 Å². The molecule has 148 valence electrons. The predicted molar refractivity (Wildman–Crippen MR) is 107 cm³/mol. The minimum absolute atomic E-state index is 0.0816. The van der Waals surface area contributed by atoms with Crippen LogP contribution >= 0.6 is 0 Å². The second-order valence-electron chi connectivity index (χ2n) is 8.29. The van der Waals surface area contributed by atoms with Gasteiger partial charge in [0.15, 0.2) is 0 Å². The van der Waals surface area contributed by atoms with E-state index in [0.717, 1.165) is 42.7 Å². The van der Waals surface area contributed by atoms with E-state index in [1.807, 2.05) is 36.1 Å². The Kier molecular flexibility index (Phi) is 5.06. The van der Waals surface area contributed by atoms with Crippen molar-refractivity contribution in [2.24, 2.45) is 0 Å². The fourth-order valence-corrected chi connectivity index (χ4v) is 4.32. The number of para-hydroxylation sites is 1. The lowest BCUT2D eigenvalue weighted by molar-refractivity contribution is -0.00941. The van der Waals surface area contributed by atoms with Crippen molar-refractivity contribution >= 4 is 5.91 Å². The molecule has 2 heterocycles. The molecule has 4 rings (SSSR count). The number of aromatic nitrogens is 2. The van der Waals surface area contributed by atoms with E-state index in [0.29, 0.717) is 24.8 Å². The van der Waals surface area contributed by atoms with Gasteiger partial charge in [-0.15, -0.1) is 0 Å². The molecule has 1 amide bonds. The van der Waals surface area contributed by atoms with Crippen LogP contribution in [0.4, 0.5) is 0 Å². The van der Waals surface area contributed by atoms with Crippen LogP contribution in [0.2, 0.25) is 0 Å². The maximum Gasteiger partial charge on any atom is 0.274 e. The first-order valence-electron chi connectivity index (χ1n) is 9.97. The normalized spacial score (nSPS) is 24.6. The van der Waals surface area contributed by atoms with Crippen molar-refractivity contribution in [3.05, 3.63) is 53.6 Å². The monoisotopic (exact) mass is 380 g/mol. The number of fused-ring (bicyclic) bond motifs is 1. The van der Waals surface area contributed by atoms with E-state index in [1.165, 1.54) is 0 Å². The predicted octanol–water partition coefficient (Wildman–Crippen LogP) is 3.06. The summed E-state index contributed by atoms with van der Waals surface area (Å²) in [6, 6.07) is 8.63. The van der Waals surface area contributed by atoms with Crippen LogP contribution in [0.25, 0.3) is 0 Å². The number of nitrogens with zero attached hydrogens (tertiary/aromatic N) is 4. The van der Waals surface area contributed by atoms with Crippen molar-refractivity contribution in [1.82, 2.24) is 19.8 Å². The molecule has 2 aliphatic rings. The Hall–Kier alpha value is -2.47. The highest BCUT2D eigenvalue weighted by molar-refractivity contribution is 5.92. The van der Waals surface area contributed by atoms with Gasteiger partial charge in [-0.2, -0.15) is 0 Å². The van der Waals surface area contributed by atoms with Gasteiger partial charge in [-0.25, -0.2) is 4.98 Å². The Morgan fingerprint density at radius 3 is 2.61 bits per heavy atom. The Morgan fingerprint density at radius 1 is 1.18 bits per heavy atom. The number of rotatable bonds is 2. The Bertz CT molecular complexity index is 842. The van der Waals surface area contributed by atoms with E-state index in [4.69, 9.17) is 4.74 Å². The molecule has 6 nitrogen and oxygen atoms in total. The number of amides is 1. The van der Waals surface area contributed by atoms with Gasteiger partial charge in [-0.3, -0.25) is 9.78 Å². The molecular weight excluding hydrogens is 352 g/mol. The van der Waals surface area contributed by atoms with Gasteiger partial charge < -0.3 is 14.5 Å². The van der Waals surface area contributed by atoms with Crippen LogP contribution in [0.3, 0.4) is 0 Å². The van der Waals surface area contributed by atoms with Crippen LogP contribution in [-0.4, -0.2) is 58.0 Å². The average Bonchev–Trinajstić information content (AvgIpc) is 2.85. The van der Waals surface area contributed by atoms with Gasteiger partial charge in [-0.05, 0) is 52.8 Å². The van der Waals surface area contributed by atoms with Crippen LogP contribution in [0, 0.1) is 6.92 Å². The number of hydrogen-bond donors (Lipinski definition) is 0. The summed E-state index contributed by atoms with van der Waals surface area (Å²) < 4.78 is 6.60. The molecule has 1 saturated carbocycles. The summed E-state index contributed by atoms with van der Waals surface area (Å²) in [5.74, 6) is 0.818. The zero-order chi connectivity index (χ0) is 19.7. The first kappa shape index (κ1) is 18.9. The highest BCUT2D eigenvalue weighted by Gasteiger charge is 2.42. The van der Waals surface area contributed by atoms with E-state index >= 15 is 0 Å². The molecule has 1 aromatic carbocycles. The molecule has 0 N–H and O–H groups in total. The van der Waals surface area contributed by atoms with Crippen molar-refractivity contribution in [3.63, 3.8) is 0 Å². The summed E-state index contributed by atoms with van der Waals surface area (Å²) in [5.41, 5.74) is 1.90. The topological polar surface area (TPSA) is 58.6 Å². The van der Waals surface area contributed by atoms with Gasteiger partial charge >= 0.3 is 0 Å². The second-order valence-corrected chi connectivity index (χ2v) is 8.29. The van der Waals surface area contributed by atoms with Gasteiger partial charge in [0.25, 0.3) is 5.91 Å². The average molecular weight is 380 g/mol. The lowest BCUT2D eigenvalue weighted by Gasteiger charge is -2.42. The molecule has 28 heavy (non-hydrogen) atoms. The highest BCUT2D eigenvalue weighted by Crippen LogP contribution is 2.39. The number of carbonyl (C=O) groups is 1. The second kappa shape index (κ2) is 7.51. The molecule has 1 aliphatic heterocycles. The fourth-order valence-electron chi connectivity index (χ4n) is 4.32. The highest BCUT2D eigenvalue weighted by atomic mass is 16.5. The lowest BCUT2D eigenvalue weighted by Crippen LogP contribution is -2.51. The van der Waals surface area contributed by atoms with E-state index in [2.05, 4.69) is 29.0 Å². The van der Waals surface area contributed by atoms with Crippen LogP contribution in [0.15, 0.2) is 36.7 Å². The largest absolute Gasteiger partial charge is 0.485 e. The Labute approximate surface area is 166 Å². The van der Waals surface area contributed by atoms with Crippen molar-refractivity contribution < 1.29 is 9.53 Å². The quantitative estimate of drug-likeness (QED) is 0.801. The third-order valence-electron chi connectivity index (χ3n) is 6.02. The SMILES string of the molecule is Cc1cnc(C(=O)N2Cc3ccccc3OC3(CCC(N(C)C)CC3)C2)cn1. The van der Waals surface area contributed by atoms with Gasteiger partial charge in [-0.1, -0.05) is 18.2 Å². The van der Waals surface area contributed by atoms with Crippen molar-refractivity contribution in [1.29, 1.82) is 0 Å². The lowest BCUT2D eigenvalue weighted by atomic mass is 9.81. The maximum absolute atomic E-state index is 13.2. The fraction of sp³-hybridized carbons (Fsp3) is 0.500. The number of benzene rings is 1. The van der Waals surface area contributed by atoms with Crippen LogP contribution in [0.5, 0.6) is 5.75 Å². The molecule has 1 fully saturated rings. The van der Waals surface area contributed by atoms with E-state index in [9.17, 15) is 4.79 Å². The number of ether oxygens (including phenoxy) is 1. The zero-order valence-corrected chi connectivity index (χ0v) is 16.9. The summed E-state index contributed by atoms with van der Waals surface area (Å²) in [7, 11) is 4.27. The zero-order valence-electron chi connectivity index (χ0n) is 16.9. The molecule has 1 aliphatic carbocycles. The third kappa shape index (κ3) is 3.74. The number of hydrogen-bond acceptors (Lipinski definition) is 5. The maximum atomic E-state index is 13.2. The molecule has 0 bridgehead atoms. The molecule has 2 aromatic rings. The molecule has 6 heteroatoms. The Balaban J connectivity index is 1.64. The molecule has 1 spiro atoms. The minimum Gasteiger partial charge on any atom is -0.485 e. The summed E-state index contributed by atoms with van der Waals surface area (Å²) in [5, 5.41) is 0. The molecule has 0 unspecified atom stereocenters. The molecular formula is C22H28N4O2. The number of aryl methyl sites for hydroxylation is 1. The van der Waals surface area contributed by atoms with Gasteiger partial charge in [0.05, 0.1) is 18.4 Å². The van der Waals surface area contributed by atoms with Gasteiger partial charge in [0, 0.05) is 24.3 Å². The van der Waals surface area contributed by atoms with Crippen molar-refractivity contribution in [3.8, 4) is 5.75 Å². The molecule has 0 atom stereocenters. The smallest absolute Gasteiger partial charge is 0.274 e. The van der Waals surface area contributed by atoms with Gasteiger partial charge in [0.1, 0.15) is 17.0 Å². The first-order chi connectivity index (χ1) is 13.5. The van der Waals surface area contributed by atoms with E-state index < -0.39 is 0 Å². The molecule has 0 saturated heterocycles. The van der Waals surface area contributed by atoms with Crippen molar-refractivity contribution in [2.45, 2.75) is 50.8 Å². The molecule has 1 aromatic heterocycles. The summed E-state index contributed by atoms with van der Waals surface area (Å²) in [6.45, 7) is 2.98. The first-order valence-corrected chi connectivity index (χ1v) is 9.97. The third-order valence-corrected chi connectivity index (χ3v) is 6.02. The van der Waals surface area contributed by atoms with Gasteiger partial charge in [0.2, 0.25) is 0 Å². The summed E-state index contributed by atoms with van der Waals surface area (Å²) in [6.07, 6.45) is 7.24. The van der Waals surface area contributed by atoms with E-state index in [-0.39, 0.29) is 11.5 Å². The Morgan fingerprint density at radius 2 is 1.93 bits per heavy atom. The summed E-state index contributed by atoms with van der Waals surface area (Å²) in [4.78, 5) is 26.0. The standard InChI is InChI=1S/C22H28N4O2/c1-16-12-24-19(13-23-16)21(27)26-14-17-6-4-5-7-20(17)28-22(15-26)10-8-18(9-11-22)25(2)3/h4-7,12-13,18H,8-11,14-15H2,1-3H3. The van der Waals surface area contributed by atoms with Crippen molar-refractivity contribution in [2.75, 3.05) is 20.6 Å². The minimum atomic E-state index is -0.340. The molecule has 0 radical (unpaired) electrons.